The average Bonchev–Trinajstić information content (AvgIpc) is 3.34. The number of piperidine rings is 1. The van der Waals surface area contributed by atoms with Gasteiger partial charge in [0.15, 0.2) is 5.82 Å². The van der Waals surface area contributed by atoms with E-state index in [2.05, 4.69) is 25.7 Å². The number of benzene rings is 1. The van der Waals surface area contributed by atoms with Gasteiger partial charge in [-0.25, -0.2) is 9.07 Å². The maximum absolute atomic E-state index is 14.8. The summed E-state index contributed by atoms with van der Waals surface area (Å²) >= 11 is 0. The number of aryl methyl sites for hydroxylation is 1. The van der Waals surface area contributed by atoms with E-state index in [0.717, 1.165) is 38.2 Å². The van der Waals surface area contributed by atoms with E-state index in [4.69, 9.17) is 9.47 Å². The van der Waals surface area contributed by atoms with Gasteiger partial charge in [0.2, 0.25) is 0 Å². The fourth-order valence-electron chi connectivity index (χ4n) is 5.45. The fraction of sp³-hybridized carbons (Fsp3) is 0.720. The monoisotopic (exact) mass is 474 g/mol. The molecule has 1 aliphatic carbocycles. The Morgan fingerprint density at radius 1 is 1.18 bits per heavy atom. The van der Waals surface area contributed by atoms with Crippen molar-refractivity contribution in [1.82, 2.24) is 30.4 Å². The lowest BCUT2D eigenvalue weighted by molar-refractivity contribution is 0.0715. The van der Waals surface area contributed by atoms with E-state index >= 15 is 0 Å². The van der Waals surface area contributed by atoms with E-state index in [-0.39, 0.29) is 5.82 Å². The quantitative estimate of drug-likeness (QED) is 0.498. The predicted molar refractivity (Wildman–Crippen MR) is 128 cm³/mol. The summed E-state index contributed by atoms with van der Waals surface area (Å²) in [6.07, 6.45) is 9.25. The van der Waals surface area contributed by atoms with Crippen LogP contribution >= 0.6 is 0 Å². The van der Waals surface area contributed by atoms with Crippen LogP contribution in [0.4, 0.5) is 4.39 Å². The molecule has 1 N–H and O–H groups in total. The van der Waals surface area contributed by atoms with Crippen LogP contribution in [0.2, 0.25) is 0 Å². The van der Waals surface area contributed by atoms with Crippen molar-refractivity contribution in [2.45, 2.75) is 83.0 Å². The molecule has 2 heterocycles. The minimum Gasteiger partial charge on any atom is -0.494 e. The van der Waals surface area contributed by atoms with Crippen molar-refractivity contribution in [3.8, 4) is 5.75 Å². The van der Waals surface area contributed by atoms with Gasteiger partial charge in [0.25, 0.3) is 0 Å². The zero-order chi connectivity index (χ0) is 23.8. The number of halogens is 1. The van der Waals surface area contributed by atoms with Crippen molar-refractivity contribution in [2.75, 3.05) is 33.4 Å². The molecule has 1 saturated heterocycles. The van der Waals surface area contributed by atoms with E-state index in [1.165, 1.54) is 38.2 Å². The third kappa shape index (κ3) is 5.93. The van der Waals surface area contributed by atoms with Gasteiger partial charge in [0, 0.05) is 57.6 Å². The molecule has 1 aromatic carbocycles. The summed E-state index contributed by atoms with van der Waals surface area (Å²) in [7, 11) is 1.70. The van der Waals surface area contributed by atoms with Gasteiger partial charge >= 0.3 is 0 Å². The molecule has 1 aliphatic heterocycles. The van der Waals surface area contributed by atoms with Crippen LogP contribution in [0.3, 0.4) is 0 Å². The number of likely N-dealkylation sites (tertiary alicyclic amines) is 1. The first-order valence-electron chi connectivity index (χ1n) is 12.8. The molecule has 34 heavy (non-hydrogen) atoms. The summed E-state index contributed by atoms with van der Waals surface area (Å²) in [6.45, 7) is 6.17. The smallest absolute Gasteiger partial charge is 0.171 e. The van der Waals surface area contributed by atoms with Crippen LogP contribution in [0.1, 0.15) is 69.7 Å². The Morgan fingerprint density at radius 3 is 2.68 bits per heavy atom. The van der Waals surface area contributed by atoms with Gasteiger partial charge in [-0.3, -0.25) is 0 Å². The third-order valence-corrected chi connectivity index (χ3v) is 7.37. The second-order valence-electron chi connectivity index (χ2n) is 9.52. The number of rotatable bonds is 11. The van der Waals surface area contributed by atoms with Gasteiger partial charge in [0.1, 0.15) is 11.6 Å². The summed E-state index contributed by atoms with van der Waals surface area (Å²) in [4.78, 5) is 2.65. The van der Waals surface area contributed by atoms with E-state index in [0.29, 0.717) is 43.7 Å². The van der Waals surface area contributed by atoms with Crippen LogP contribution in [0.15, 0.2) is 18.2 Å². The Bertz CT molecular complexity index is 893. The number of hydrogen-bond donors (Lipinski definition) is 1. The molecular formula is C25H39FN6O2. The Kier molecular flexibility index (Phi) is 8.86. The highest BCUT2D eigenvalue weighted by Gasteiger charge is 2.41. The van der Waals surface area contributed by atoms with Gasteiger partial charge in [-0.05, 0) is 55.5 Å². The Morgan fingerprint density at radius 2 is 1.97 bits per heavy atom. The van der Waals surface area contributed by atoms with Crippen LogP contribution < -0.4 is 10.1 Å². The molecule has 0 atom stereocenters. The summed E-state index contributed by atoms with van der Waals surface area (Å²) in [5.74, 6) is 1.15. The van der Waals surface area contributed by atoms with Gasteiger partial charge in [-0.15, -0.1) is 5.10 Å². The molecule has 188 valence electrons. The molecule has 2 fully saturated rings. The van der Waals surface area contributed by atoms with Crippen molar-refractivity contribution in [2.24, 2.45) is 0 Å². The highest BCUT2D eigenvalue weighted by atomic mass is 19.1. The minimum absolute atomic E-state index is 0.257. The van der Waals surface area contributed by atoms with E-state index in [1.807, 2.05) is 17.7 Å². The van der Waals surface area contributed by atoms with Gasteiger partial charge in [-0.2, -0.15) is 0 Å². The second-order valence-corrected chi connectivity index (χ2v) is 9.52. The number of hydrogen-bond acceptors (Lipinski definition) is 7. The van der Waals surface area contributed by atoms with E-state index in [1.54, 1.807) is 13.2 Å². The van der Waals surface area contributed by atoms with Crippen LogP contribution in [-0.2, 0) is 23.4 Å². The SMILES string of the molecule is CCOc1ccc(CNC2(c3nnnn3CCCOC)CCN(C3CCCCC3)CC2)c(F)c1. The molecule has 4 rings (SSSR count). The van der Waals surface area contributed by atoms with Gasteiger partial charge in [-0.1, -0.05) is 25.3 Å². The Labute approximate surface area is 202 Å². The van der Waals surface area contributed by atoms with Crippen molar-refractivity contribution in [1.29, 1.82) is 0 Å². The standard InChI is InChI=1S/C25H39FN6O2/c1-3-34-22-11-10-20(23(26)18-22)19-27-25(24-28-29-30-32(24)14-7-17-33-2)12-15-31(16-13-25)21-8-5-4-6-9-21/h10-11,18,21,27H,3-9,12-17,19H2,1-2H3. The number of nitrogens with zero attached hydrogens (tertiary/aromatic N) is 5. The van der Waals surface area contributed by atoms with E-state index in [9.17, 15) is 4.39 Å². The lowest BCUT2D eigenvalue weighted by atomic mass is 9.84. The number of tetrazole rings is 1. The number of aromatic nitrogens is 4. The van der Waals surface area contributed by atoms with Crippen LogP contribution in [-0.4, -0.2) is 64.6 Å². The molecule has 0 amide bonds. The molecule has 0 unspecified atom stereocenters. The first-order valence-corrected chi connectivity index (χ1v) is 12.8. The van der Waals surface area contributed by atoms with Crippen molar-refractivity contribution >= 4 is 0 Å². The van der Waals surface area contributed by atoms with Gasteiger partial charge in [0.05, 0.1) is 12.1 Å². The normalized spacial score (nSPS) is 19.4. The highest BCUT2D eigenvalue weighted by molar-refractivity contribution is 5.29. The molecule has 0 bridgehead atoms. The summed E-state index contributed by atoms with van der Waals surface area (Å²) in [5.41, 5.74) is 0.225. The first-order chi connectivity index (χ1) is 16.6. The van der Waals surface area contributed by atoms with Crippen molar-refractivity contribution in [3.63, 3.8) is 0 Å². The lowest BCUT2D eigenvalue weighted by Crippen LogP contribution is -2.54. The number of ether oxygens (including phenoxy) is 2. The molecule has 0 spiro atoms. The summed E-state index contributed by atoms with van der Waals surface area (Å²) in [6, 6.07) is 5.79. The molecule has 2 aliphatic rings. The molecule has 1 aromatic heterocycles. The topological polar surface area (TPSA) is 77.3 Å². The van der Waals surface area contributed by atoms with Crippen LogP contribution in [0.25, 0.3) is 0 Å². The average molecular weight is 475 g/mol. The predicted octanol–water partition coefficient (Wildman–Crippen LogP) is 3.66. The molecule has 2 aromatic rings. The van der Waals surface area contributed by atoms with Crippen LogP contribution in [0, 0.1) is 5.82 Å². The maximum atomic E-state index is 14.8. The zero-order valence-corrected chi connectivity index (χ0v) is 20.6. The number of nitrogens with one attached hydrogen (secondary N) is 1. The largest absolute Gasteiger partial charge is 0.494 e. The Balaban J connectivity index is 1.51. The van der Waals surface area contributed by atoms with Crippen LogP contribution in [0.5, 0.6) is 5.75 Å². The minimum atomic E-state index is -0.396. The molecule has 9 heteroatoms. The third-order valence-electron chi connectivity index (χ3n) is 7.37. The summed E-state index contributed by atoms with van der Waals surface area (Å²) in [5, 5.41) is 16.5. The van der Waals surface area contributed by atoms with Crippen molar-refractivity contribution in [3.05, 3.63) is 35.4 Å². The highest BCUT2D eigenvalue weighted by Crippen LogP contribution is 2.35. The van der Waals surface area contributed by atoms with Crippen molar-refractivity contribution < 1.29 is 13.9 Å². The lowest BCUT2D eigenvalue weighted by Gasteiger charge is -2.45. The maximum Gasteiger partial charge on any atom is 0.171 e. The Hall–Kier alpha value is -2.10. The molecule has 8 nitrogen and oxygen atoms in total. The number of methoxy groups -OCH3 is 1. The van der Waals surface area contributed by atoms with E-state index < -0.39 is 5.54 Å². The molecule has 1 saturated carbocycles. The summed E-state index contributed by atoms with van der Waals surface area (Å²) < 4.78 is 27.4. The fourth-order valence-corrected chi connectivity index (χ4v) is 5.45. The molecular weight excluding hydrogens is 435 g/mol. The zero-order valence-electron chi connectivity index (χ0n) is 20.6. The van der Waals surface area contributed by atoms with Gasteiger partial charge < -0.3 is 19.7 Å². The first kappa shape index (κ1) is 25.0. The molecule has 0 radical (unpaired) electrons. The second kappa shape index (κ2) is 12.0.